The van der Waals surface area contributed by atoms with Gasteiger partial charge in [0.2, 0.25) is 0 Å². The first kappa shape index (κ1) is 21.6. The van der Waals surface area contributed by atoms with Crippen LogP contribution in [0.15, 0.2) is 42.5 Å². The van der Waals surface area contributed by atoms with Crippen molar-refractivity contribution in [2.45, 2.75) is 26.3 Å². The maximum atomic E-state index is 13.0. The Morgan fingerprint density at radius 2 is 1.77 bits per heavy atom. The van der Waals surface area contributed by atoms with Crippen LogP contribution in [0, 0.1) is 0 Å². The molecule has 1 fully saturated rings. The minimum atomic E-state index is -0.313. The average Bonchev–Trinajstić information content (AvgIpc) is 3.03. The summed E-state index contributed by atoms with van der Waals surface area (Å²) in [6, 6.07) is 12.6. The van der Waals surface area contributed by atoms with Crippen LogP contribution in [0.5, 0.6) is 0 Å². The Labute approximate surface area is 187 Å². The predicted molar refractivity (Wildman–Crippen MR) is 124 cm³/mol. The van der Waals surface area contributed by atoms with E-state index in [0.29, 0.717) is 23.2 Å². The molecular formula is C24H27N3O3S. The number of anilines is 1. The van der Waals surface area contributed by atoms with E-state index in [0.717, 1.165) is 55.2 Å². The molecule has 162 valence electrons. The molecule has 6 nitrogen and oxygen atoms in total. The van der Waals surface area contributed by atoms with Gasteiger partial charge < -0.3 is 5.32 Å². The molecular weight excluding hydrogens is 410 g/mol. The van der Waals surface area contributed by atoms with Crippen LogP contribution in [0.3, 0.4) is 0 Å². The summed E-state index contributed by atoms with van der Waals surface area (Å²) in [5, 5.41) is 3.00. The largest absolute Gasteiger partial charge is 0.322 e. The molecule has 0 unspecified atom stereocenters. The number of fused-ring (bicyclic) bond motifs is 1. The van der Waals surface area contributed by atoms with Gasteiger partial charge in [-0.3, -0.25) is 24.2 Å². The van der Waals surface area contributed by atoms with Gasteiger partial charge >= 0.3 is 0 Å². The number of thioether (sulfide) groups is 1. The molecule has 2 aliphatic rings. The van der Waals surface area contributed by atoms with Crippen LogP contribution in [-0.2, 0) is 6.54 Å². The van der Waals surface area contributed by atoms with E-state index in [9.17, 15) is 14.4 Å². The molecule has 0 atom stereocenters. The normalized spacial score (nSPS) is 16.5. The smallest absolute Gasteiger partial charge is 0.261 e. The second-order valence-corrected chi connectivity index (χ2v) is 9.10. The van der Waals surface area contributed by atoms with Gasteiger partial charge in [0.15, 0.2) is 0 Å². The number of carbonyl (C=O) groups is 3. The summed E-state index contributed by atoms with van der Waals surface area (Å²) >= 11 is 1.97. The molecule has 1 saturated heterocycles. The monoisotopic (exact) mass is 437 g/mol. The summed E-state index contributed by atoms with van der Waals surface area (Å²) in [5.41, 5.74) is 2.91. The van der Waals surface area contributed by atoms with Gasteiger partial charge in [0.25, 0.3) is 17.7 Å². The molecule has 2 aliphatic heterocycles. The number of imide groups is 1. The van der Waals surface area contributed by atoms with Crippen LogP contribution >= 0.6 is 11.8 Å². The number of amides is 3. The van der Waals surface area contributed by atoms with Crippen LogP contribution in [0.2, 0.25) is 0 Å². The van der Waals surface area contributed by atoms with Gasteiger partial charge in [-0.2, -0.15) is 11.8 Å². The first-order valence-electron chi connectivity index (χ1n) is 10.8. The third kappa shape index (κ3) is 4.67. The van der Waals surface area contributed by atoms with Crippen LogP contribution in [-0.4, -0.2) is 58.7 Å². The number of hydrogen-bond donors (Lipinski definition) is 1. The number of unbranched alkanes of at least 4 members (excludes halogenated alkanes) is 1. The summed E-state index contributed by atoms with van der Waals surface area (Å²) < 4.78 is 0. The van der Waals surface area contributed by atoms with E-state index in [1.54, 1.807) is 18.2 Å². The van der Waals surface area contributed by atoms with Crippen molar-refractivity contribution in [2.24, 2.45) is 0 Å². The Kier molecular flexibility index (Phi) is 6.73. The highest BCUT2D eigenvalue weighted by atomic mass is 32.2. The predicted octanol–water partition coefficient (Wildman–Crippen LogP) is 3.88. The number of nitrogens with zero attached hydrogens (tertiary/aromatic N) is 2. The molecule has 1 N–H and O–H groups in total. The van der Waals surface area contributed by atoms with Crippen LogP contribution < -0.4 is 5.32 Å². The highest BCUT2D eigenvalue weighted by Crippen LogP contribution is 2.26. The van der Waals surface area contributed by atoms with E-state index in [1.807, 2.05) is 43.0 Å². The lowest BCUT2D eigenvalue weighted by Gasteiger charge is -2.27. The SMILES string of the molecule is CCCCN1C(=O)c2ccc(C(=O)Nc3ccccc3CN3CCSCC3)cc2C1=O. The van der Waals surface area contributed by atoms with Crippen molar-refractivity contribution >= 4 is 35.2 Å². The number of benzene rings is 2. The zero-order chi connectivity index (χ0) is 21.8. The van der Waals surface area contributed by atoms with E-state index >= 15 is 0 Å². The van der Waals surface area contributed by atoms with Gasteiger partial charge in [0.05, 0.1) is 11.1 Å². The molecule has 2 aromatic rings. The minimum Gasteiger partial charge on any atom is -0.322 e. The van der Waals surface area contributed by atoms with Crippen molar-refractivity contribution in [3.05, 3.63) is 64.7 Å². The Morgan fingerprint density at radius 3 is 2.55 bits per heavy atom. The summed E-state index contributed by atoms with van der Waals surface area (Å²) in [4.78, 5) is 41.8. The van der Waals surface area contributed by atoms with Gasteiger partial charge in [-0.25, -0.2) is 0 Å². The topological polar surface area (TPSA) is 69.7 Å². The summed E-state index contributed by atoms with van der Waals surface area (Å²) in [6.45, 7) is 5.31. The lowest BCUT2D eigenvalue weighted by molar-refractivity contribution is 0.0652. The molecule has 2 heterocycles. The Balaban J connectivity index is 1.50. The molecule has 0 spiro atoms. The molecule has 0 aliphatic carbocycles. The van der Waals surface area contributed by atoms with E-state index in [4.69, 9.17) is 0 Å². The first-order chi connectivity index (χ1) is 15.1. The number of para-hydroxylation sites is 1. The second kappa shape index (κ2) is 9.66. The van der Waals surface area contributed by atoms with Crippen LogP contribution in [0.1, 0.15) is 56.4 Å². The van der Waals surface area contributed by atoms with Crippen molar-refractivity contribution in [2.75, 3.05) is 36.5 Å². The molecule has 2 aromatic carbocycles. The summed E-state index contributed by atoms with van der Waals surface area (Å²) in [5.74, 6) is 1.39. The molecule has 0 saturated carbocycles. The number of nitrogens with one attached hydrogen (secondary N) is 1. The number of hydrogen-bond acceptors (Lipinski definition) is 5. The van der Waals surface area contributed by atoms with Gasteiger partial charge in [0.1, 0.15) is 0 Å². The molecule has 0 aromatic heterocycles. The zero-order valence-electron chi connectivity index (χ0n) is 17.7. The molecule has 0 radical (unpaired) electrons. The van der Waals surface area contributed by atoms with Gasteiger partial charge in [-0.05, 0) is 36.2 Å². The van der Waals surface area contributed by atoms with Crippen molar-refractivity contribution in [3.63, 3.8) is 0 Å². The molecule has 7 heteroatoms. The first-order valence-corrected chi connectivity index (χ1v) is 11.9. The van der Waals surface area contributed by atoms with Gasteiger partial charge in [-0.15, -0.1) is 0 Å². The fraction of sp³-hybridized carbons (Fsp3) is 0.375. The molecule has 31 heavy (non-hydrogen) atoms. The Morgan fingerprint density at radius 1 is 1.03 bits per heavy atom. The fourth-order valence-corrected chi connectivity index (χ4v) is 4.90. The quantitative estimate of drug-likeness (QED) is 0.666. The Bertz CT molecular complexity index is 1000. The highest BCUT2D eigenvalue weighted by Gasteiger charge is 2.35. The third-order valence-corrected chi connectivity index (χ3v) is 6.67. The lowest BCUT2D eigenvalue weighted by atomic mass is 10.0. The van der Waals surface area contributed by atoms with Crippen molar-refractivity contribution in [1.29, 1.82) is 0 Å². The Hall–Kier alpha value is -2.64. The van der Waals surface area contributed by atoms with Gasteiger partial charge in [0, 0.05) is 48.9 Å². The van der Waals surface area contributed by atoms with E-state index in [1.165, 1.54) is 4.90 Å². The number of rotatable bonds is 7. The minimum absolute atomic E-state index is 0.273. The van der Waals surface area contributed by atoms with Crippen molar-refractivity contribution in [1.82, 2.24) is 9.80 Å². The number of carbonyl (C=O) groups excluding carboxylic acids is 3. The van der Waals surface area contributed by atoms with Crippen molar-refractivity contribution < 1.29 is 14.4 Å². The molecule has 0 bridgehead atoms. The van der Waals surface area contributed by atoms with E-state index < -0.39 is 0 Å². The van der Waals surface area contributed by atoms with Crippen LogP contribution in [0.4, 0.5) is 5.69 Å². The highest BCUT2D eigenvalue weighted by molar-refractivity contribution is 7.99. The second-order valence-electron chi connectivity index (χ2n) is 7.88. The zero-order valence-corrected chi connectivity index (χ0v) is 18.5. The summed E-state index contributed by atoms with van der Waals surface area (Å²) in [6.07, 6.45) is 1.67. The average molecular weight is 438 g/mol. The summed E-state index contributed by atoms with van der Waals surface area (Å²) in [7, 11) is 0. The maximum Gasteiger partial charge on any atom is 0.261 e. The maximum absolute atomic E-state index is 13.0. The van der Waals surface area contributed by atoms with Crippen molar-refractivity contribution in [3.8, 4) is 0 Å². The third-order valence-electron chi connectivity index (χ3n) is 5.73. The molecule has 4 rings (SSSR count). The standard InChI is InChI=1S/C24H27N3O3S/c1-2-3-10-27-23(29)19-9-8-17(15-20(19)24(27)30)22(28)25-21-7-5-4-6-18(21)16-26-11-13-31-14-12-26/h4-9,15H,2-3,10-14,16H2,1H3,(H,25,28). The fourth-order valence-electron chi connectivity index (χ4n) is 3.93. The van der Waals surface area contributed by atoms with E-state index in [-0.39, 0.29) is 17.7 Å². The van der Waals surface area contributed by atoms with Crippen LogP contribution in [0.25, 0.3) is 0 Å². The van der Waals surface area contributed by atoms with Gasteiger partial charge in [-0.1, -0.05) is 31.5 Å². The van der Waals surface area contributed by atoms with E-state index in [2.05, 4.69) is 10.2 Å². The molecule has 3 amide bonds. The lowest BCUT2D eigenvalue weighted by Crippen LogP contribution is -2.32.